The zero-order chi connectivity index (χ0) is 40.2. The number of nitriles is 1. The molecule has 5 atom stereocenters. The average molecular weight is 773 g/mol. The molecule has 288 valence electrons. The van der Waals surface area contributed by atoms with E-state index in [1.807, 2.05) is 36.4 Å². The summed E-state index contributed by atoms with van der Waals surface area (Å²) >= 11 is 0. The minimum Gasteiger partial charge on any atom is -0.208 e. The van der Waals surface area contributed by atoms with Crippen LogP contribution in [0.2, 0.25) is 0 Å². The van der Waals surface area contributed by atoms with Crippen LogP contribution in [0.25, 0.3) is 78.7 Å². The molecule has 0 bridgehead atoms. The minimum atomic E-state index is 0.224. The van der Waals surface area contributed by atoms with Crippen molar-refractivity contribution in [3.05, 3.63) is 187 Å². The fourth-order valence-corrected chi connectivity index (χ4v) is 10.9. The minimum absolute atomic E-state index is 0.224. The van der Waals surface area contributed by atoms with E-state index >= 15 is 0 Å². The molecular formula is C56H44N4. The Kier molecular flexibility index (Phi) is 8.85. The molecule has 0 radical (unpaired) electrons. The molecule has 3 aliphatic carbocycles. The fourth-order valence-electron chi connectivity index (χ4n) is 10.9. The molecule has 0 spiro atoms. The van der Waals surface area contributed by atoms with Gasteiger partial charge in [0.2, 0.25) is 0 Å². The van der Waals surface area contributed by atoms with E-state index in [1.54, 1.807) is 0 Å². The molecular weight excluding hydrogens is 729 g/mol. The highest BCUT2D eigenvalue weighted by atomic mass is 15.0. The van der Waals surface area contributed by atoms with Gasteiger partial charge >= 0.3 is 0 Å². The Morgan fingerprint density at radius 2 is 0.883 bits per heavy atom. The van der Waals surface area contributed by atoms with E-state index in [0.29, 0.717) is 23.0 Å². The maximum absolute atomic E-state index is 10.2. The molecule has 11 rings (SSSR count). The van der Waals surface area contributed by atoms with Crippen LogP contribution in [-0.4, -0.2) is 15.0 Å². The lowest BCUT2D eigenvalue weighted by molar-refractivity contribution is -0.141. The highest BCUT2D eigenvalue weighted by Gasteiger charge is 2.59. The first kappa shape index (κ1) is 36.1. The molecule has 1 heterocycles. The summed E-state index contributed by atoms with van der Waals surface area (Å²) in [7, 11) is 0. The van der Waals surface area contributed by atoms with Crippen molar-refractivity contribution < 1.29 is 0 Å². The molecule has 4 nitrogen and oxygen atoms in total. The average Bonchev–Trinajstić information content (AvgIpc) is 3.30. The Labute approximate surface area is 352 Å². The van der Waals surface area contributed by atoms with Gasteiger partial charge < -0.3 is 0 Å². The van der Waals surface area contributed by atoms with Gasteiger partial charge in [-0.2, -0.15) is 5.26 Å². The van der Waals surface area contributed by atoms with Crippen LogP contribution in [-0.2, 0) is 5.41 Å². The zero-order valence-electron chi connectivity index (χ0n) is 33.7. The quantitative estimate of drug-likeness (QED) is 0.154. The van der Waals surface area contributed by atoms with Crippen molar-refractivity contribution in [2.45, 2.75) is 38.0 Å². The van der Waals surface area contributed by atoms with Crippen LogP contribution in [0.5, 0.6) is 0 Å². The van der Waals surface area contributed by atoms with Gasteiger partial charge in [-0.15, -0.1) is 0 Å². The predicted molar refractivity (Wildman–Crippen MR) is 242 cm³/mol. The second kappa shape index (κ2) is 14.7. The summed E-state index contributed by atoms with van der Waals surface area (Å²) in [6.07, 6.45) is 5.49. The van der Waals surface area contributed by atoms with Gasteiger partial charge in [-0.25, -0.2) is 15.0 Å². The van der Waals surface area contributed by atoms with E-state index in [2.05, 4.69) is 153 Å². The maximum Gasteiger partial charge on any atom is 0.164 e. The smallest absolute Gasteiger partial charge is 0.164 e. The van der Waals surface area contributed by atoms with Gasteiger partial charge in [-0.05, 0) is 141 Å². The van der Waals surface area contributed by atoms with Gasteiger partial charge in [0.25, 0.3) is 0 Å². The molecule has 7 aromatic carbocycles. The lowest BCUT2D eigenvalue weighted by Crippen LogP contribution is -2.58. The molecule has 0 saturated heterocycles. The van der Waals surface area contributed by atoms with Crippen LogP contribution in [0.3, 0.4) is 0 Å². The standard InChI is InChI=1S/C56H44N4/c1-56(33-48-31-46-32-49(34-56)52(46)48)50-24-22-38(23-25-50)44-28-45(51-21-9-8-16-43(51)35-57)30-47(29-44)55-59-53(41-19-10-17-39(26-41)36-12-4-2-5-13-36)58-54(60-55)42-20-11-18-40(27-42)37-14-6-3-7-15-37/h2-30,46,48-49,52H,31-34H2,1H3/t46?,48-,49+,52?,56?. The van der Waals surface area contributed by atoms with Gasteiger partial charge in [0.05, 0.1) is 11.6 Å². The molecule has 60 heavy (non-hydrogen) atoms. The Hall–Kier alpha value is -6.96. The van der Waals surface area contributed by atoms with Crippen molar-refractivity contribution in [3.8, 4) is 84.7 Å². The molecule has 0 aliphatic heterocycles. The summed E-state index contributed by atoms with van der Waals surface area (Å²) in [6.45, 7) is 2.50. The molecule has 8 aromatic rings. The Morgan fingerprint density at radius 1 is 0.433 bits per heavy atom. The largest absolute Gasteiger partial charge is 0.208 e. The molecule has 3 unspecified atom stereocenters. The normalized spacial score (nSPS) is 21.2. The molecule has 1 aromatic heterocycles. The van der Waals surface area contributed by atoms with Crippen molar-refractivity contribution in [1.29, 1.82) is 5.26 Å². The van der Waals surface area contributed by atoms with Gasteiger partial charge in [-0.3, -0.25) is 0 Å². The SMILES string of the molecule is CC1(c2ccc(-c3cc(-c4nc(-c5cccc(-c6ccccc6)c5)nc(-c5cccc(-c6ccccc6)c5)n4)cc(-c4ccccc4C#N)c3)cc2)C[C@H]2CC3C[C@@H](C1)C32. The van der Waals surface area contributed by atoms with Crippen molar-refractivity contribution in [1.82, 2.24) is 15.0 Å². The first-order valence-corrected chi connectivity index (χ1v) is 21.3. The number of aromatic nitrogens is 3. The van der Waals surface area contributed by atoms with Crippen molar-refractivity contribution in [3.63, 3.8) is 0 Å². The summed E-state index contributed by atoms with van der Waals surface area (Å²) in [6, 6.07) is 63.8. The Morgan fingerprint density at radius 3 is 1.45 bits per heavy atom. The second-order valence-electron chi connectivity index (χ2n) is 17.5. The summed E-state index contributed by atoms with van der Waals surface area (Å²) in [5, 5.41) is 10.2. The van der Waals surface area contributed by atoms with Gasteiger partial charge in [0.15, 0.2) is 17.5 Å². The van der Waals surface area contributed by atoms with Gasteiger partial charge in [0, 0.05) is 16.7 Å². The van der Waals surface area contributed by atoms with E-state index in [1.165, 1.54) is 31.2 Å². The number of rotatable bonds is 8. The number of nitrogens with zero attached hydrogens (tertiary/aromatic N) is 4. The Bertz CT molecular complexity index is 2810. The molecule has 0 N–H and O–H groups in total. The summed E-state index contributed by atoms with van der Waals surface area (Å²) in [5.41, 5.74) is 13.4. The number of hydrogen-bond acceptors (Lipinski definition) is 4. The fraction of sp³-hybridized carbons (Fsp3) is 0.179. The summed E-state index contributed by atoms with van der Waals surface area (Å²) in [5.74, 6) is 5.61. The van der Waals surface area contributed by atoms with E-state index in [-0.39, 0.29) is 5.41 Å². The first-order chi connectivity index (χ1) is 29.5. The topological polar surface area (TPSA) is 62.5 Å². The van der Waals surface area contributed by atoms with Crippen LogP contribution in [0.1, 0.15) is 43.7 Å². The van der Waals surface area contributed by atoms with E-state index in [0.717, 1.165) is 84.9 Å². The highest BCUT2D eigenvalue weighted by molar-refractivity contribution is 5.83. The number of benzene rings is 7. The van der Waals surface area contributed by atoms with E-state index in [4.69, 9.17) is 15.0 Å². The Balaban J connectivity index is 1.06. The summed E-state index contributed by atoms with van der Waals surface area (Å²) < 4.78 is 0. The first-order valence-electron chi connectivity index (χ1n) is 21.3. The number of hydrogen-bond donors (Lipinski definition) is 0. The molecule has 0 amide bonds. The van der Waals surface area contributed by atoms with E-state index in [9.17, 15) is 5.26 Å². The maximum atomic E-state index is 10.2. The lowest BCUT2D eigenvalue weighted by Gasteiger charge is -2.65. The predicted octanol–water partition coefficient (Wildman–Crippen LogP) is 13.7. The molecule has 3 fully saturated rings. The van der Waals surface area contributed by atoms with Crippen LogP contribution >= 0.6 is 0 Å². The molecule has 3 aliphatic rings. The monoisotopic (exact) mass is 772 g/mol. The third-order valence-electron chi connectivity index (χ3n) is 13.8. The molecule has 4 heteroatoms. The third-order valence-corrected chi connectivity index (χ3v) is 13.8. The van der Waals surface area contributed by atoms with E-state index < -0.39 is 0 Å². The van der Waals surface area contributed by atoms with Crippen molar-refractivity contribution >= 4 is 0 Å². The molecule has 3 saturated carbocycles. The third kappa shape index (κ3) is 6.52. The summed E-state index contributed by atoms with van der Waals surface area (Å²) in [4.78, 5) is 15.7. The zero-order valence-corrected chi connectivity index (χ0v) is 33.7. The van der Waals surface area contributed by atoms with Gasteiger partial charge in [-0.1, -0.05) is 146 Å². The van der Waals surface area contributed by atoms with Gasteiger partial charge in [0.1, 0.15) is 0 Å². The van der Waals surface area contributed by atoms with Crippen LogP contribution in [0, 0.1) is 35.0 Å². The second-order valence-corrected chi connectivity index (χ2v) is 17.5. The van der Waals surface area contributed by atoms with Crippen molar-refractivity contribution in [2.75, 3.05) is 0 Å². The van der Waals surface area contributed by atoms with Crippen LogP contribution in [0.4, 0.5) is 0 Å². The van der Waals surface area contributed by atoms with Crippen LogP contribution < -0.4 is 0 Å². The highest BCUT2D eigenvalue weighted by Crippen LogP contribution is 2.67. The van der Waals surface area contributed by atoms with Crippen molar-refractivity contribution in [2.24, 2.45) is 23.7 Å². The van der Waals surface area contributed by atoms with Crippen LogP contribution in [0.15, 0.2) is 176 Å². The lowest BCUT2D eigenvalue weighted by atomic mass is 9.39.